The van der Waals surface area contributed by atoms with E-state index in [1.807, 2.05) is 0 Å². The SMILES string of the molecule is COC(=O)C1(C)Nc2c(OC)cc3c(c(CO)cn3C(=O)c3cc4cc(OC)c(OC)c(OC)c4[nH]3)c2C1=O. The summed E-state index contributed by atoms with van der Waals surface area (Å²) in [5.74, 6) is -0.441. The fourth-order valence-corrected chi connectivity index (χ4v) is 5.14. The summed E-state index contributed by atoms with van der Waals surface area (Å²) < 4.78 is 28.1. The third kappa shape index (κ3) is 3.52. The number of fused-ring (bicyclic) bond motifs is 4. The molecular formula is C27H27N3O9. The van der Waals surface area contributed by atoms with E-state index < -0.39 is 29.8 Å². The number of nitrogens with zero attached hydrogens (tertiary/aromatic N) is 1. The van der Waals surface area contributed by atoms with E-state index in [0.29, 0.717) is 44.6 Å². The van der Waals surface area contributed by atoms with E-state index >= 15 is 0 Å². The van der Waals surface area contributed by atoms with Crippen LogP contribution < -0.4 is 24.3 Å². The van der Waals surface area contributed by atoms with Crippen LogP contribution in [0.1, 0.15) is 33.3 Å². The van der Waals surface area contributed by atoms with Gasteiger partial charge in [-0.25, -0.2) is 4.79 Å². The van der Waals surface area contributed by atoms with Crippen LogP contribution in [-0.2, 0) is 16.1 Å². The fraction of sp³-hybridized carbons (Fsp3) is 0.296. The molecule has 1 aliphatic rings. The Kier molecular flexibility index (Phi) is 6.14. The Labute approximate surface area is 222 Å². The fourth-order valence-electron chi connectivity index (χ4n) is 5.14. The second kappa shape index (κ2) is 9.24. The third-order valence-corrected chi connectivity index (χ3v) is 7.05. The average Bonchev–Trinajstić information content (AvgIpc) is 3.62. The highest BCUT2D eigenvalue weighted by molar-refractivity contribution is 6.30. The van der Waals surface area contributed by atoms with E-state index in [4.69, 9.17) is 23.7 Å². The van der Waals surface area contributed by atoms with Crippen molar-refractivity contribution in [2.75, 3.05) is 40.9 Å². The number of ketones is 1. The number of carbonyl (C=O) groups excluding carboxylic acids is 3. The number of benzene rings is 2. The van der Waals surface area contributed by atoms with Crippen LogP contribution in [0.4, 0.5) is 5.69 Å². The number of aliphatic hydroxyl groups is 1. The molecule has 12 heteroatoms. The van der Waals surface area contributed by atoms with Gasteiger partial charge in [0.1, 0.15) is 11.4 Å². The second-order valence-electron chi connectivity index (χ2n) is 9.07. The number of H-pyrrole nitrogens is 1. The van der Waals surface area contributed by atoms with Crippen LogP contribution in [0, 0.1) is 0 Å². The molecule has 0 spiro atoms. The summed E-state index contributed by atoms with van der Waals surface area (Å²) in [4.78, 5) is 43.1. The molecule has 0 amide bonds. The van der Waals surface area contributed by atoms with Crippen LogP contribution in [0.2, 0.25) is 0 Å². The number of ether oxygens (including phenoxy) is 5. The molecule has 39 heavy (non-hydrogen) atoms. The Morgan fingerprint density at radius 2 is 1.67 bits per heavy atom. The molecule has 0 aliphatic carbocycles. The van der Waals surface area contributed by atoms with E-state index in [2.05, 4.69) is 10.3 Å². The van der Waals surface area contributed by atoms with Gasteiger partial charge in [0.2, 0.25) is 11.5 Å². The first-order valence-electron chi connectivity index (χ1n) is 11.8. The Morgan fingerprint density at radius 3 is 2.26 bits per heavy atom. The predicted molar refractivity (Wildman–Crippen MR) is 140 cm³/mol. The molecule has 3 heterocycles. The summed E-state index contributed by atoms with van der Waals surface area (Å²) in [7, 11) is 7.06. The van der Waals surface area contributed by atoms with E-state index in [1.54, 1.807) is 18.2 Å². The van der Waals surface area contributed by atoms with Crippen molar-refractivity contribution in [3.05, 3.63) is 41.2 Å². The Hall–Kier alpha value is -4.71. The van der Waals surface area contributed by atoms with Gasteiger partial charge in [0.05, 0.1) is 64.4 Å². The molecule has 12 nitrogen and oxygen atoms in total. The normalized spacial score (nSPS) is 16.2. The Morgan fingerprint density at radius 1 is 0.974 bits per heavy atom. The standard InChI is InChI=1S/C27H27N3O9/c1-27(26(34)39-6)24(32)19-18-13(11-31)10-30(15(18)9-16(35-2)21(19)29-27)25(33)14-7-12-8-17(36-3)22(37-4)23(38-5)20(12)28-14/h7-10,28-29,31H,11H2,1-6H3. The molecule has 0 radical (unpaired) electrons. The van der Waals surface area contributed by atoms with Crippen LogP contribution in [0.25, 0.3) is 21.8 Å². The zero-order valence-electron chi connectivity index (χ0n) is 22.2. The summed E-state index contributed by atoms with van der Waals surface area (Å²) in [6, 6.07) is 4.92. The van der Waals surface area contributed by atoms with Gasteiger partial charge < -0.3 is 39.1 Å². The van der Waals surface area contributed by atoms with E-state index in [0.717, 1.165) is 0 Å². The number of anilines is 1. The molecule has 1 aliphatic heterocycles. The van der Waals surface area contributed by atoms with Gasteiger partial charge in [-0.2, -0.15) is 0 Å². The summed E-state index contributed by atoms with van der Waals surface area (Å²) >= 11 is 0. The van der Waals surface area contributed by atoms with Gasteiger partial charge in [0.25, 0.3) is 5.91 Å². The molecule has 5 rings (SSSR count). The minimum atomic E-state index is -1.71. The van der Waals surface area contributed by atoms with Gasteiger partial charge in [-0.05, 0) is 19.1 Å². The topological polar surface area (TPSA) is 150 Å². The molecule has 1 atom stereocenters. The monoisotopic (exact) mass is 537 g/mol. The van der Waals surface area contributed by atoms with Crippen molar-refractivity contribution in [1.29, 1.82) is 0 Å². The van der Waals surface area contributed by atoms with E-state index in [1.165, 1.54) is 53.2 Å². The van der Waals surface area contributed by atoms with E-state index in [9.17, 15) is 19.5 Å². The number of Topliss-reactive ketones (excluding diaryl/α,β-unsaturated/α-hetero) is 1. The quantitative estimate of drug-likeness (QED) is 0.237. The van der Waals surface area contributed by atoms with Crippen molar-refractivity contribution in [3.63, 3.8) is 0 Å². The molecule has 0 fully saturated rings. The first-order chi connectivity index (χ1) is 18.7. The molecular weight excluding hydrogens is 510 g/mol. The number of rotatable bonds is 7. The number of nitrogens with one attached hydrogen (secondary N) is 2. The molecule has 2 aromatic heterocycles. The molecule has 3 N–H and O–H groups in total. The van der Waals surface area contributed by atoms with Gasteiger partial charge in [-0.3, -0.25) is 14.2 Å². The molecule has 2 aromatic carbocycles. The van der Waals surface area contributed by atoms with Crippen LogP contribution in [-0.4, -0.2) is 73.4 Å². The Bertz CT molecular complexity index is 1680. The van der Waals surface area contributed by atoms with Crippen LogP contribution in [0.3, 0.4) is 0 Å². The largest absolute Gasteiger partial charge is 0.494 e. The number of hydrogen-bond acceptors (Lipinski definition) is 10. The van der Waals surface area contributed by atoms with Crippen molar-refractivity contribution in [2.45, 2.75) is 19.1 Å². The highest BCUT2D eigenvalue weighted by atomic mass is 16.5. The summed E-state index contributed by atoms with van der Waals surface area (Å²) in [5, 5.41) is 14.1. The molecule has 0 saturated heterocycles. The highest BCUT2D eigenvalue weighted by Crippen LogP contribution is 2.46. The van der Waals surface area contributed by atoms with Crippen molar-refractivity contribution in [2.24, 2.45) is 0 Å². The maximum absolute atomic E-state index is 13.9. The van der Waals surface area contributed by atoms with Crippen LogP contribution >= 0.6 is 0 Å². The minimum Gasteiger partial charge on any atom is -0.494 e. The van der Waals surface area contributed by atoms with Crippen molar-refractivity contribution >= 4 is 45.2 Å². The van der Waals surface area contributed by atoms with Crippen LogP contribution in [0.15, 0.2) is 24.4 Å². The first-order valence-corrected chi connectivity index (χ1v) is 11.8. The average molecular weight is 538 g/mol. The number of carbonyl (C=O) groups is 3. The van der Waals surface area contributed by atoms with Crippen molar-refractivity contribution in [3.8, 4) is 23.0 Å². The first kappa shape index (κ1) is 25.9. The van der Waals surface area contributed by atoms with Gasteiger partial charge >= 0.3 is 5.97 Å². The number of hydrogen-bond donors (Lipinski definition) is 3. The molecule has 1 unspecified atom stereocenters. The molecule has 0 bridgehead atoms. The van der Waals surface area contributed by atoms with Gasteiger partial charge in [0, 0.05) is 28.6 Å². The van der Waals surface area contributed by atoms with Gasteiger partial charge in [-0.15, -0.1) is 0 Å². The number of methoxy groups -OCH3 is 5. The van der Waals surface area contributed by atoms with E-state index in [-0.39, 0.29) is 22.7 Å². The summed E-state index contributed by atoms with van der Waals surface area (Å²) in [6.07, 6.45) is 1.46. The van der Waals surface area contributed by atoms with Gasteiger partial charge in [-0.1, -0.05) is 0 Å². The zero-order chi connectivity index (χ0) is 28.2. The lowest BCUT2D eigenvalue weighted by Gasteiger charge is -2.20. The summed E-state index contributed by atoms with van der Waals surface area (Å²) in [6.45, 7) is 0.945. The highest BCUT2D eigenvalue weighted by Gasteiger charge is 2.51. The number of esters is 1. The second-order valence-corrected chi connectivity index (χ2v) is 9.07. The lowest BCUT2D eigenvalue weighted by Crippen LogP contribution is -2.47. The number of aromatic nitrogens is 2. The predicted octanol–water partition coefficient (Wildman–Crippen LogP) is 2.88. The Balaban J connectivity index is 1.73. The lowest BCUT2D eigenvalue weighted by molar-refractivity contribution is -0.143. The molecule has 204 valence electrons. The van der Waals surface area contributed by atoms with Gasteiger partial charge in [0.15, 0.2) is 17.0 Å². The van der Waals surface area contributed by atoms with Crippen LogP contribution in [0.5, 0.6) is 23.0 Å². The number of aromatic amines is 1. The molecule has 0 saturated carbocycles. The maximum atomic E-state index is 13.9. The number of aliphatic hydroxyl groups excluding tert-OH is 1. The minimum absolute atomic E-state index is 0.126. The summed E-state index contributed by atoms with van der Waals surface area (Å²) in [5.41, 5.74) is 0.0390. The van der Waals surface area contributed by atoms with Crippen molar-refractivity contribution in [1.82, 2.24) is 9.55 Å². The lowest BCUT2D eigenvalue weighted by atomic mass is 9.93. The molecule has 4 aromatic rings. The third-order valence-electron chi connectivity index (χ3n) is 7.05. The van der Waals surface area contributed by atoms with Crippen molar-refractivity contribution < 1.29 is 43.2 Å². The zero-order valence-corrected chi connectivity index (χ0v) is 22.2. The smallest absolute Gasteiger partial charge is 0.339 e. The maximum Gasteiger partial charge on any atom is 0.339 e.